The summed E-state index contributed by atoms with van der Waals surface area (Å²) in [5.74, 6) is -0.289. The van der Waals surface area contributed by atoms with Gasteiger partial charge in [-0.25, -0.2) is 9.78 Å². The minimum atomic E-state index is -0.747. The van der Waals surface area contributed by atoms with Gasteiger partial charge in [-0.1, -0.05) is 29.8 Å². The lowest BCUT2D eigenvalue weighted by molar-refractivity contribution is 0.0991. The molecule has 3 N–H and O–H groups in total. The van der Waals surface area contributed by atoms with E-state index < -0.39 is 16.8 Å². The number of carbonyl (C=O) groups is 1. The molecule has 3 rings (SSSR count). The number of aromatic nitrogens is 4. The van der Waals surface area contributed by atoms with Gasteiger partial charge in [-0.05, 0) is 6.92 Å². The molecule has 0 spiro atoms. The molecular formula is C15H12N4O4. The standard InChI is InChI=1S/C15H12N4O4/c1-7-2-4-8(5-3-7)10(20)6-9-13(21)17-12-11(16-9)14(22)19-15(23)18-12/h2-5H,6H2,1H3,(H3,17,18,19,21,22,23). The number of H-pyrrole nitrogens is 3. The topological polar surface area (TPSA) is 129 Å². The molecule has 0 fully saturated rings. The molecule has 0 aliphatic heterocycles. The third-order valence-corrected chi connectivity index (χ3v) is 3.37. The van der Waals surface area contributed by atoms with Gasteiger partial charge in [0.05, 0.1) is 6.42 Å². The van der Waals surface area contributed by atoms with E-state index in [2.05, 4.69) is 15.0 Å². The SMILES string of the molecule is Cc1ccc(C(=O)Cc2nc3c(=O)[nH]c(=O)[nH]c3[nH]c2=O)cc1. The number of nitrogens with zero attached hydrogens (tertiary/aromatic N) is 1. The van der Waals surface area contributed by atoms with Crippen LogP contribution in [0.15, 0.2) is 38.6 Å². The normalized spacial score (nSPS) is 10.8. The van der Waals surface area contributed by atoms with Crippen molar-refractivity contribution in [3.63, 3.8) is 0 Å². The van der Waals surface area contributed by atoms with Crippen LogP contribution in [0.2, 0.25) is 0 Å². The van der Waals surface area contributed by atoms with E-state index in [4.69, 9.17) is 0 Å². The fourth-order valence-corrected chi connectivity index (χ4v) is 2.16. The predicted molar refractivity (Wildman–Crippen MR) is 82.8 cm³/mol. The van der Waals surface area contributed by atoms with Crippen LogP contribution in [0.5, 0.6) is 0 Å². The highest BCUT2D eigenvalue weighted by Gasteiger charge is 2.14. The predicted octanol–water partition coefficient (Wildman–Crippen LogP) is 0.0335. The van der Waals surface area contributed by atoms with Crippen molar-refractivity contribution in [3.8, 4) is 0 Å². The van der Waals surface area contributed by atoms with Crippen LogP contribution in [0.1, 0.15) is 21.6 Å². The van der Waals surface area contributed by atoms with Crippen molar-refractivity contribution in [2.45, 2.75) is 13.3 Å². The largest absolute Gasteiger partial charge is 0.327 e. The molecule has 0 aliphatic rings. The van der Waals surface area contributed by atoms with Crippen molar-refractivity contribution >= 4 is 16.9 Å². The third kappa shape index (κ3) is 2.86. The van der Waals surface area contributed by atoms with Crippen molar-refractivity contribution in [1.82, 2.24) is 19.9 Å². The zero-order valence-corrected chi connectivity index (χ0v) is 12.1. The Labute approximate surface area is 128 Å². The Morgan fingerprint density at radius 3 is 2.39 bits per heavy atom. The van der Waals surface area contributed by atoms with Crippen LogP contribution in [-0.2, 0) is 6.42 Å². The maximum atomic E-state index is 12.2. The fraction of sp³-hybridized carbons (Fsp3) is 0.133. The number of rotatable bonds is 3. The number of aryl methyl sites for hydroxylation is 1. The maximum absolute atomic E-state index is 12.2. The minimum Gasteiger partial charge on any atom is -0.305 e. The third-order valence-electron chi connectivity index (χ3n) is 3.37. The van der Waals surface area contributed by atoms with E-state index in [0.29, 0.717) is 5.56 Å². The van der Waals surface area contributed by atoms with Gasteiger partial charge < -0.3 is 4.98 Å². The Balaban J connectivity index is 2.03. The van der Waals surface area contributed by atoms with Crippen LogP contribution in [0.4, 0.5) is 0 Å². The molecule has 0 bridgehead atoms. The lowest BCUT2D eigenvalue weighted by atomic mass is 10.1. The molecule has 0 saturated heterocycles. The summed E-state index contributed by atoms with van der Waals surface area (Å²) in [6.07, 6.45) is -0.243. The highest BCUT2D eigenvalue weighted by Crippen LogP contribution is 2.07. The van der Waals surface area contributed by atoms with Crippen LogP contribution >= 0.6 is 0 Å². The van der Waals surface area contributed by atoms with E-state index in [1.165, 1.54) is 0 Å². The number of benzene rings is 1. The van der Waals surface area contributed by atoms with Crippen LogP contribution in [0.3, 0.4) is 0 Å². The number of Topliss-reactive ketones (excluding diaryl/α,β-unsaturated/α-hetero) is 1. The van der Waals surface area contributed by atoms with Gasteiger partial charge in [-0.15, -0.1) is 0 Å². The van der Waals surface area contributed by atoms with Gasteiger partial charge >= 0.3 is 5.69 Å². The summed E-state index contributed by atoms with van der Waals surface area (Å²) in [4.78, 5) is 57.6. The Kier molecular flexibility index (Phi) is 3.49. The summed E-state index contributed by atoms with van der Waals surface area (Å²) in [5, 5.41) is 0. The number of nitrogens with one attached hydrogen (secondary N) is 3. The highest BCUT2D eigenvalue weighted by atomic mass is 16.2. The molecule has 23 heavy (non-hydrogen) atoms. The summed E-state index contributed by atoms with van der Waals surface area (Å²) in [6, 6.07) is 6.91. The lowest BCUT2D eigenvalue weighted by Gasteiger charge is -2.02. The van der Waals surface area contributed by atoms with E-state index in [1.807, 2.05) is 11.9 Å². The van der Waals surface area contributed by atoms with Gasteiger partial charge in [0.15, 0.2) is 11.3 Å². The first-order valence-corrected chi connectivity index (χ1v) is 6.79. The number of hydrogen-bond acceptors (Lipinski definition) is 5. The molecule has 8 nitrogen and oxygen atoms in total. The molecule has 3 aromatic rings. The molecule has 8 heteroatoms. The number of ketones is 1. The monoisotopic (exact) mass is 312 g/mol. The summed E-state index contributed by atoms with van der Waals surface area (Å²) >= 11 is 0. The van der Waals surface area contributed by atoms with Crippen LogP contribution in [-0.4, -0.2) is 25.7 Å². The summed E-state index contributed by atoms with van der Waals surface area (Å²) in [5.41, 5.74) is -0.926. The molecule has 2 aromatic heterocycles. The molecule has 0 aliphatic carbocycles. The molecule has 0 unspecified atom stereocenters. The highest BCUT2D eigenvalue weighted by molar-refractivity contribution is 5.97. The van der Waals surface area contributed by atoms with Crippen molar-refractivity contribution in [2.24, 2.45) is 0 Å². The molecular weight excluding hydrogens is 300 g/mol. The number of hydrogen-bond donors (Lipinski definition) is 3. The number of fused-ring (bicyclic) bond motifs is 1. The van der Waals surface area contributed by atoms with Crippen molar-refractivity contribution < 1.29 is 4.79 Å². The number of aromatic amines is 3. The summed E-state index contributed by atoms with van der Waals surface area (Å²) in [6.45, 7) is 1.90. The van der Waals surface area contributed by atoms with E-state index in [9.17, 15) is 19.2 Å². The second-order valence-corrected chi connectivity index (χ2v) is 5.11. The van der Waals surface area contributed by atoms with Gasteiger partial charge in [0.2, 0.25) is 0 Å². The lowest BCUT2D eigenvalue weighted by Crippen LogP contribution is -2.27. The molecule has 0 radical (unpaired) electrons. The molecule has 0 saturated carbocycles. The molecule has 0 amide bonds. The van der Waals surface area contributed by atoms with E-state index in [-0.39, 0.29) is 29.1 Å². The molecule has 2 heterocycles. The van der Waals surface area contributed by atoms with E-state index in [0.717, 1.165) is 5.56 Å². The second-order valence-electron chi connectivity index (χ2n) is 5.11. The molecule has 116 valence electrons. The van der Waals surface area contributed by atoms with Crippen LogP contribution in [0.25, 0.3) is 11.2 Å². The Bertz CT molecular complexity index is 1070. The van der Waals surface area contributed by atoms with Gasteiger partial charge in [-0.3, -0.25) is 24.4 Å². The minimum absolute atomic E-state index is 0.0738. The zero-order chi connectivity index (χ0) is 16.6. The molecule has 1 aromatic carbocycles. The van der Waals surface area contributed by atoms with Crippen molar-refractivity contribution in [2.75, 3.05) is 0 Å². The quantitative estimate of drug-likeness (QED) is 0.588. The average molecular weight is 312 g/mol. The second kappa shape index (κ2) is 5.48. The first kappa shape index (κ1) is 14.6. The smallest absolute Gasteiger partial charge is 0.305 e. The summed E-state index contributed by atoms with van der Waals surface area (Å²) < 4.78 is 0. The fourth-order valence-electron chi connectivity index (χ4n) is 2.16. The molecule has 0 atom stereocenters. The van der Waals surface area contributed by atoms with Crippen molar-refractivity contribution in [3.05, 3.63) is 72.3 Å². The van der Waals surface area contributed by atoms with Crippen LogP contribution < -0.4 is 16.8 Å². The van der Waals surface area contributed by atoms with Gasteiger partial charge in [0, 0.05) is 5.56 Å². The first-order valence-electron chi connectivity index (χ1n) is 6.79. The van der Waals surface area contributed by atoms with Crippen LogP contribution in [0, 0.1) is 6.92 Å². The zero-order valence-electron chi connectivity index (χ0n) is 12.1. The van der Waals surface area contributed by atoms with Gasteiger partial charge in [0.1, 0.15) is 11.3 Å². The Hall–Kier alpha value is -3.29. The maximum Gasteiger partial charge on any atom is 0.327 e. The summed E-state index contributed by atoms with van der Waals surface area (Å²) in [7, 11) is 0. The number of carbonyl (C=O) groups excluding carboxylic acids is 1. The van der Waals surface area contributed by atoms with Crippen molar-refractivity contribution in [1.29, 1.82) is 0 Å². The van der Waals surface area contributed by atoms with Gasteiger partial charge in [-0.2, -0.15) is 0 Å². The first-order chi connectivity index (χ1) is 10.9. The average Bonchev–Trinajstić information content (AvgIpc) is 2.49. The Morgan fingerprint density at radius 2 is 1.70 bits per heavy atom. The Morgan fingerprint density at radius 1 is 1.00 bits per heavy atom. The van der Waals surface area contributed by atoms with Gasteiger partial charge in [0.25, 0.3) is 11.1 Å². The van der Waals surface area contributed by atoms with E-state index in [1.54, 1.807) is 24.3 Å². The van der Waals surface area contributed by atoms with E-state index >= 15 is 0 Å².